The van der Waals surface area contributed by atoms with Crippen molar-refractivity contribution < 1.29 is 24.1 Å². The van der Waals surface area contributed by atoms with Crippen LogP contribution in [0.15, 0.2) is 0 Å². The normalized spacial score (nSPS) is 41.5. The highest BCUT2D eigenvalue weighted by atomic mass is 19.1. The lowest BCUT2D eigenvalue weighted by atomic mass is 9.93. The third kappa shape index (κ3) is 2.63. The number of alkyl halides is 1. The second-order valence-electron chi connectivity index (χ2n) is 3.58. The van der Waals surface area contributed by atoms with Gasteiger partial charge in [0.05, 0.1) is 25.2 Å². The van der Waals surface area contributed by atoms with Crippen molar-refractivity contribution in [3.05, 3.63) is 0 Å². The summed E-state index contributed by atoms with van der Waals surface area (Å²) in [6.45, 7) is -0.538. The molecule has 6 nitrogen and oxygen atoms in total. The molecule has 1 saturated heterocycles. The van der Waals surface area contributed by atoms with Crippen molar-refractivity contribution in [3.63, 3.8) is 0 Å². The molecule has 0 aromatic carbocycles. The van der Waals surface area contributed by atoms with Gasteiger partial charge in [-0.05, 0) is 0 Å². The number of halogens is 1. The zero-order valence-electron chi connectivity index (χ0n) is 8.04. The number of carbonyl (C=O) groups excluding carboxylic acids is 1. The molecule has 0 aliphatic carbocycles. The Morgan fingerprint density at radius 1 is 1.47 bits per heavy atom. The molecule has 2 unspecified atom stereocenters. The lowest BCUT2D eigenvalue weighted by Gasteiger charge is -2.39. The molecule has 0 radical (unpaired) electrons. The van der Waals surface area contributed by atoms with Crippen LogP contribution in [0.5, 0.6) is 0 Å². The Morgan fingerprint density at radius 3 is 2.53 bits per heavy atom. The van der Waals surface area contributed by atoms with Gasteiger partial charge in [0.1, 0.15) is 18.4 Å². The summed E-state index contributed by atoms with van der Waals surface area (Å²) in [5, 5.41) is 18.1. The lowest BCUT2D eigenvalue weighted by molar-refractivity contribution is -0.174. The van der Waals surface area contributed by atoms with Crippen molar-refractivity contribution in [2.24, 2.45) is 11.5 Å². The van der Waals surface area contributed by atoms with Crippen molar-refractivity contribution in [1.29, 1.82) is 0 Å². The fourth-order valence-corrected chi connectivity index (χ4v) is 1.57. The molecule has 0 spiro atoms. The second kappa shape index (κ2) is 4.84. The van der Waals surface area contributed by atoms with Crippen LogP contribution in [0.25, 0.3) is 0 Å². The highest BCUT2D eigenvalue weighted by Gasteiger charge is 2.43. The molecule has 88 valence electrons. The summed E-state index contributed by atoms with van der Waals surface area (Å²) in [7, 11) is 0. The van der Waals surface area contributed by atoms with Gasteiger partial charge in [-0.25, -0.2) is 4.39 Å². The van der Waals surface area contributed by atoms with E-state index in [1.165, 1.54) is 0 Å². The number of amides is 1. The summed E-state index contributed by atoms with van der Waals surface area (Å²) >= 11 is 0. The van der Waals surface area contributed by atoms with Crippen molar-refractivity contribution in [2.45, 2.75) is 36.9 Å². The van der Waals surface area contributed by atoms with Crippen molar-refractivity contribution in [2.75, 3.05) is 6.61 Å². The number of ether oxygens (including phenoxy) is 1. The second-order valence-corrected chi connectivity index (χ2v) is 3.58. The predicted octanol–water partition coefficient (Wildman–Crippen LogP) is -2.35. The zero-order chi connectivity index (χ0) is 11.6. The number of nitrogens with two attached hydrogens (primary N) is 2. The Labute approximate surface area is 86.0 Å². The molecule has 0 aromatic rings. The molecule has 15 heavy (non-hydrogen) atoms. The molecule has 1 aliphatic heterocycles. The maximum atomic E-state index is 13.4. The van der Waals surface area contributed by atoms with Crippen LogP contribution in [0.2, 0.25) is 0 Å². The first kappa shape index (κ1) is 12.3. The molecule has 1 aliphatic rings. The van der Waals surface area contributed by atoms with Crippen molar-refractivity contribution in [1.82, 2.24) is 0 Å². The topological polar surface area (TPSA) is 119 Å². The van der Waals surface area contributed by atoms with E-state index in [0.29, 0.717) is 0 Å². The van der Waals surface area contributed by atoms with Crippen LogP contribution >= 0.6 is 0 Å². The van der Waals surface area contributed by atoms with E-state index in [-0.39, 0.29) is 6.42 Å². The van der Waals surface area contributed by atoms with E-state index in [9.17, 15) is 14.3 Å². The van der Waals surface area contributed by atoms with Gasteiger partial charge in [0, 0.05) is 0 Å². The molecule has 0 saturated carbocycles. The van der Waals surface area contributed by atoms with E-state index in [0.717, 1.165) is 0 Å². The average Bonchev–Trinajstić information content (AvgIpc) is 2.18. The van der Waals surface area contributed by atoms with E-state index < -0.39 is 43.0 Å². The molecule has 1 heterocycles. The Balaban J connectivity index is 2.69. The number of carbonyl (C=O) groups is 1. The average molecular weight is 222 g/mol. The number of aliphatic hydroxyl groups excluding tert-OH is 2. The van der Waals surface area contributed by atoms with Crippen LogP contribution in [-0.2, 0) is 9.53 Å². The van der Waals surface area contributed by atoms with Gasteiger partial charge >= 0.3 is 0 Å². The first-order chi connectivity index (χ1) is 6.97. The van der Waals surface area contributed by atoms with Gasteiger partial charge in [0.25, 0.3) is 0 Å². The minimum Gasteiger partial charge on any atom is -0.394 e. The van der Waals surface area contributed by atoms with Crippen LogP contribution in [0, 0.1) is 0 Å². The van der Waals surface area contributed by atoms with Crippen LogP contribution in [0.3, 0.4) is 0 Å². The highest BCUT2D eigenvalue weighted by molar-refractivity contribution is 5.74. The summed E-state index contributed by atoms with van der Waals surface area (Å²) in [4.78, 5) is 10.6. The summed E-state index contributed by atoms with van der Waals surface area (Å²) in [6.07, 6.45) is -5.42. The fraction of sp³-hybridized carbons (Fsp3) is 0.875. The number of primary amides is 1. The van der Waals surface area contributed by atoms with Crippen molar-refractivity contribution >= 4 is 5.91 Å². The third-order valence-electron chi connectivity index (χ3n) is 2.44. The van der Waals surface area contributed by atoms with Gasteiger partial charge in [0.15, 0.2) is 0 Å². The van der Waals surface area contributed by atoms with Gasteiger partial charge in [-0.15, -0.1) is 0 Å². The number of hydrogen-bond donors (Lipinski definition) is 4. The van der Waals surface area contributed by atoms with Crippen molar-refractivity contribution in [3.8, 4) is 0 Å². The van der Waals surface area contributed by atoms with Crippen LogP contribution < -0.4 is 11.5 Å². The smallest absolute Gasteiger partial charge is 0.220 e. The molecule has 0 bridgehead atoms. The molecule has 7 heteroatoms. The Morgan fingerprint density at radius 2 is 2.07 bits per heavy atom. The molecule has 6 N–H and O–H groups in total. The summed E-state index contributed by atoms with van der Waals surface area (Å²) in [6, 6.07) is -1.12. The van der Waals surface area contributed by atoms with Gasteiger partial charge in [-0.3, -0.25) is 4.79 Å². The quantitative estimate of drug-likeness (QED) is 0.426. The highest BCUT2D eigenvalue weighted by Crippen LogP contribution is 2.23. The summed E-state index contributed by atoms with van der Waals surface area (Å²) in [5.41, 5.74) is 10.4. The SMILES string of the molecule is NC(=O)CC1O[C@H](CO)[C@@H](O)C(F)[C@H]1N. The Kier molecular flexibility index (Phi) is 3.97. The first-order valence-electron chi connectivity index (χ1n) is 4.59. The van der Waals surface area contributed by atoms with E-state index in [4.69, 9.17) is 21.3 Å². The molecule has 1 amide bonds. The molecule has 1 rings (SSSR count). The number of aliphatic hydroxyl groups is 2. The number of hydrogen-bond acceptors (Lipinski definition) is 5. The molecular formula is C8H15FN2O4. The molecule has 5 atom stereocenters. The minimum atomic E-state index is -1.74. The lowest BCUT2D eigenvalue weighted by Crippen LogP contribution is -2.60. The minimum absolute atomic E-state index is 0.231. The van der Waals surface area contributed by atoms with E-state index in [2.05, 4.69) is 0 Å². The summed E-state index contributed by atoms with van der Waals surface area (Å²) < 4.78 is 18.5. The Hall–Kier alpha value is -0.760. The fourth-order valence-electron chi connectivity index (χ4n) is 1.57. The third-order valence-corrected chi connectivity index (χ3v) is 2.44. The van der Waals surface area contributed by atoms with E-state index in [1.807, 2.05) is 0 Å². The first-order valence-corrected chi connectivity index (χ1v) is 4.59. The molecule has 1 fully saturated rings. The van der Waals surface area contributed by atoms with Crippen LogP contribution in [-0.4, -0.2) is 53.3 Å². The Bertz CT molecular complexity index is 239. The largest absolute Gasteiger partial charge is 0.394 e. The maximum Gasteiger partial charge on any atom is 0.220 e. The number of rotatable bonds is 3. The van der Waals surface area contributed by atoms with Crippen LogP contribution in [0.1, 0.15) is 6.42 Å². The maximum absolute atomic E-state index is 13.4. The van der Waals surface area contributed by atoms with Gasteiger partial charge in [0.2, 0.25) is 5.91 Å². The van der Waals surface area contributed by atoms with Gasteiger partial charge in [-0.2, -0.15) is 0 Å². The molecular weight excluding hydrogens is 207 g/mol. The van der Waals surface area contributed by atoms with E-state index in [1.54, 1.807) is 0 Å². The monoisotopic (exact) mass is 222 g/mol. The molecule has 0 aromatic heterocycles. The summed E-state index contributed by atoms with van der Waals surface area (Å²) in [5.74, 6) is -0.671. The predicted molar refractivity (Wildman–Crippen MR) is 48.4 cm³/mol. The van der Waals surface area contributed by atoms with E-state index >= 15 is 0 Å². The van der Waals surface area contributed by atoms with Crippen LogP contribution in [0.4, 0.5) is 4.39 Å². The zero-order valence-corrected chi connectivity index (χ0v) is 8.04. The standard InChI is InChI=1S/C8H15FN2O4/c9-6-7(11)3(1-5(10)13)15-4(2-12)8(6)14/h3-4,6-8,12,14H,1-2,11H2,(H2,10,13)/t3?,4-,6?,7+,8-/m1/s1. The van der Waals surface area contributed by atoms with Gasteiger partial charge in [-0.1, -0.05) is 0 Å². The van der Waals surface area contributed by atoms with Gasteiger partial charge < -0.3 is 26.4 Å².